The summed E-state index contributed by atoms with van der Waals surface area (Å²) in [6.45, 7) is 3.31. The Balaban J connectivity index is 1.93. The summed E-state index contributed by atoms with van der Waals surface area (Å²) in [7, 11) is 4.10. The molecule has 2 heterocycles. The number of ether oxygens (including phenoxy) is 1. The van der Waals surface area contributed by atoms with Gasteiger partial charge >= 0.3 is 0 Å². The first-order valence-electron chi connectivity index (χ1n) is 6.70. The predicted molar refractivity (Wildman–Crippen MR) is 66.7 cm³/mol. The topological polar surface area (TPSA) is 24.5 Å². The summed E-state index contributed by atoms with van der Waals surface area (Å²) in [5, 5.41) is 3.69. The average molecular weight is 226 g/mol. The summed E-state index contributed by atoms with van der Waals surface area (Å²) in [5.41, 5.74) is 0.269. The smallest absolute Gasteiger partial charge is 0.0645 e. The number of rotatable bonds is 4. The summed E-state index contributed by atoms with van der Waals surface area (Å²) in [6, 6.07) is 0.759. The van der Waals surface area contributed by atoms with E-state index in [4.69, 9.17) is 4.74 Å². The van der Waals surface area contributed by atoms with Crippen LogP contribution in [-0.4, -0.2) is 50.3 Å². The molecule has 3 nitrogen and oxygen atoms in total. The van der Waals surface area contributed by atoms with E-state index in [0.717, 1.165) is 12.6 Å². The van der Waals surface area contributed by atoms with Crippen molar-refractivity contribution in [3.8, 4) is 0 Å². The summed E-state index contributed by atoms with van der Waals surface area (Å²) < 4.78 is 5.42. The highest BCUT2D eigenvalue weighted by Crippen LogP contribution is 2.30. The van der Waals surface area contributed by atoms with Crippen LogP contribution >= 0.6 is 0 Å². The van der Waals surface area contributed by atoms with Crippen molar-refractivity contribution in [3.63, 3.8) is 0 Å². The second-order valence-corrected chi connectivity index (χ2v) is 5.58. The van der Waals surface area contributed by atoms with Gasteiger partial charge in [-0.05, 0) is 52.2 Å². The van der Waals surface area contributed by atoms with Crippen LogP contribution in [0.3, 0.4) is 0 Å². The fraction of sp³-hybridized carbons (Fsp3) is 1.00. The third-order valence-corrected chi connectivity index (χ3v) is 4.30. The molecule has 0 saturated carbocycles. The first kappa shape index (κ1) is 12.3. The summed E-state index contributed by atoms with van der Waals surface area (Å²) in [6.07, 6.45) is 7.99. The van der Waals surface area contributed by atoms with Gasteiger partial charge in [0.05, 0.1) is 6.61 Å². The number of hydrogen-bond acceptors (Lipinski definition) is 3. The van der Waals surface area contributed by atoms with E-state index < -0.39 is 0 Å². The Morgan fingerprint density at radius 1 is 1.38 bits per heavy atom. The maximum absolute atomic E-state index is 5.42. The average Bonchev–Trinajstić information content (AvgIpc) is 2.71. The molecule has 2 saturated heterocycles. The number of nitrogens with zero attached hydrogens (tertiary/aromatic N) is 1. The Hall–Kier alpha value is -0.120. The molecule has 0 aromatic rings. The standard InChI is InChI=1S/C13H26N2O/c1-15-9-4-3-6-12(15)10-13(11-16-2)7-5-8-14-13/h12,14H,3-11H2,1-2H3. The molecule has 94 valence electrons. The molecule has 16 heavy (non-hydrogen) atoms. The Bertz CT molecular complexity index is 214. The Morgan fingerprint density at radius 3 is 2.88 bits per heavy atom. The molecule has 0 amide bonds. The van der Waals surface area contributed by atoms with Crippen LogP contribution in [0.15, 0.2) is 0 Å². The van der Waals surface area contributed by atoms with Crippen molar-refractivity contribution in [2.45, 2.75) is 50.1 Å². The molecule has 1 N–H and O–H groups in total. The highest BCUT2D eigenvalue weighted by Gasteiger charge is 2.37. The minimum atomic E-state index is 0.269. The van der Waals surface area contributed by atoms with Gasteiger partial charge in [-0.15, -0.1) is 0 Å². The fourth-order valence-electron chi connectivity index (χ4n) is 3.35. The van der Waals surface area contributed by atoms with Crippen LogP contribution in [0.5, 0.6) is 0 Å². The SMILES string of the molecule is COCC1(CC2CCCCN2C)CCCN1. The molecule has 2 aliphatic heterocycles. The molecule has 0 radical (unpaired) electrons. The second kappa shape index (κ2) is 5.48. The maximum atomic E-state index is 5.42. The molecule has 0 aromatic carbocycles. The van der Waals surface area contributed by atoms with E-state index in [0.29, 0.717) is 0 Å². The first-order valence-corrected chi connectivity index (χ1v) is 6.70. The molecule has 0 spiro atoms. The van der Waals surface area contributed by atoms with E-state index in [-0.39, 0.29) is 5.54 Å². The Morgan fingerprint density at radius 2 is 2.25 bits per heavy atom. The zero-order valence-corrected chi connectivity index (χ0v) is 10.8. The first-order chi connectivity index (χ1) is 7.76. The molecule has 3 heteroatoms. The van der Waals surface area contributed by atoms with Crippen LogP contribution in [-0.2, 0) is 4.74 Å². The highest BCUT2D eigenvalue weighted by molar-refractivity contribution is 4.97. The zero-order chi connectivity index (χ0) is 11.4. The van der Waals surface area contributed by atoms with Crippen molar-refractivity contribution in [2.24, 2.45) is 0 Å². The lowest BCUT2D eigenvalue weighted by Gasteiger charge is -2.39. The number of piperidine rings is 1. The van der Waals surface area contributed by atoms with E-state index in [2.05, 4.69) is 17.3 Å². The van der Waals surface area contributed by atoms with Crippen molar-refractivity contribution in [1.29, 1.82) is 0 Å². The van der Waals surface area contributed by atoms with E-state index in [1.54, 1.807) is 0 Å². The molecule has 2 fully saturated rings. The minimum absolute atomic E-state index is 0.269. The van der Waals surface area contributed by atoms with Crippen molar-refractivity contribution >= 4 is 0 Å². The van der Waals surface area contributed by atoms with Gasteiger partial charge in [0, 0.05) is 18.7 Å². The van der Waals surface area contributed by atoms with Gasteiger partial charge in [-0.2, -0.15) is 0 Å². The normalized spacial score (nSPS) is 36.8. The molecular weight excluding hydrogens is 200 g/mol. The fourth-order valence-corrected chi connectivity index (χ4v) is 3.35. The maximum Gasteiger partial charge on any atom is 0.0645 e. The zero-order valence-electron chi connectivity index (χ0n) is 10.8. The molecule has 2 rings (SSSR count). The molecule has 2 aliphatic rings. The van der Waals surface area contributed by atoms with Crippen molar-refractivity contribution in [1.82, 2.24) is 10.2 Å². The van der Waals surface area contributed by atoms with Gasteiger partial charge in [0.15, 0.2) is 0 Å². The van der Waals surface area contributed by atoms with Gasteiger partial charge in [0.25, 0.3) is 0 Å². The molecule has 2 atom stereocenters. The van der Waals surface area contributed by atoms with Gasteiger partial charge in [-0.25, -0.2) is 0 Å². The lowest BCUT2D eigenvalue weighted by Crippen LogP contribution is -2.50. The van der Waals surface area contributed by atoms with E-state index in [1.165, 1.54) is 51.6 Å². The number of nitrogens with one attached hydrogen (secondary N) is 1. The minimum Gasteiger partial charge on any atom is -0.383 e. The third kappa shape index (κ3) is 2.76. The second-order valence-electron chi connectivity index (χ2n) is 5.58. The predicted octanol–water partition coefficient (Wildman–Crippen LogP) is 1.63. The van der Waals surface area contributed by atoms with Crippen molar-refractivity contribution in [2.75, 3.05) is 33.9 Å². The van der Waals surface area contributed by atoms with Crippen LogP contribution in [0.25, 0.3) is 0 Å². The Kier molecular flexibility index (Phi) is 4.22. The molecule has 0 aromatic heterocycles. The number of likely N-dealkylation sites (tertiary alicyclic amines) is 1. The highest BCUT2D eigenvalue weighted by atomic mass is 16.5. The summed E-state index contributed by atoms with van der Waals surface area (Å²) in [4.78, 5) is 2.54. The Labute approximate surface area is 99.5 Å². The molecular formula is C13H26N2O. The van der Waals surface area contributed by atoms with E-state index in [1.807, 2.05) is 7.11 Å². The van der Waals surface area contributed by atoms with Gasteiger partial charge in [-0.3, -0.25) is 0 Å². The van der Waals surface area contributed by atoms with Crippen LogP contribution in [0.1, 0.15) is 38.5 Å². The van der Waals surface area contributed by atoms with Crippen LogP contribution in [0.4, 0.5) is 0 Å². The molecule has 2 unspecified atom stereocenters. The molecule has 0 bridgehead atoms. The quantitative estimate of drug-likeness (QED) is 0.788. The number of methoxy groups -OCH3 is 1. The largest absolute Gasteiger partial charge is 0.383 e. The van der Waals surface area contributed by atoms with Gasteiger partial charge < -0.3 is 15.0 Å². The third-order valence-electron chi connectivity index (χ3n) is 4.30. The summed E-state index contributed by atoms with van der Waals surface area (Å²) >= 11 is 0. The van der Waals surface area contributed by atoms with Gasteiger partial charge in [0.2, 0.25) is 0 Å². The summed E-state index contributed by atoms with van der Waals surface area (Å²) in [5.74, 6) is 0. The van der Waals surface area contributed by atoms with Crippen molar-refractivity contribution in [3.05, 3.63) is 0 Å². The lowest BCUT2D eigenvalue weighted by molar-refractivity contribution is 0.0771. The van der Waals surface area contributed by atoms with Crippen molar-refractivity contribution < 1.29 is 4.74 Å². The number of hydrogen-bond donors (Lipinski definition) is 1. The van der Waals surface area contributed by atoms with Crippen LogP contribution < -0.4 is 5.32 Å². The van der Waals surface area contributed by atoms with E-state index in [9.17, 15) is 0 Å². The monoisotopic (exact) mass is 226 g/mol. The van der Waals surface area contributed by atoms with Crippen LogP contribution in [0.2, 0.25) is 0 Å². The van der Waals surface area contributed by atoms with Gasteiger partial charge in [-0.1, -0.05) is 6.42 Å². The van der Waals surface area contributed by atoms with E-state index >= 15 is 0 Å². The van der Waals surface area contributed by atoms with Crippen LogP contribution in [0, 0.1) is 0 Å². The van der Waals surface area contributed by atoms with Gasteiger partial charge in [0.1, 0.15) is 0 Å². The molecule has 0 aliphatic carbocycles. The lowest BCUT2D eigenvalue weighted by atomic mass is 9.86.